The van der Waals surface area contributed by atoms with Gasteiger partial charge in [0.05, 0.1) is 19.3 Å². The zero-order valence-corrected chi connectivity index (χ0v) is 23.1. The highest BCUT2D eigenvalue weighted by atomic mass is 16.6. The van der Waals surface area contributed by atoms with Crippen molar-refractivity contribution in [2.45, 2.75) is 124 Å². The molecule has 35 heavy (non-hydrogen) atoms. The van der Waals surface area contributed by atoms with Crippen molar-refractivity contribution < 1.29 is 33.7 Å². The molecule has 0 fully saturated rings. The van der Waals surface area contributed by atoms with Crippen LogP contribution in [-0.4, -0.2) is 60.5 Å². The van der Waals surface area contributed by atoms with Crippen LogP contribution in [0.5, 0.6) is 0 Å². The van der Waals surface area contributed by atoms with E-state index in [2.05, 4.69) is 6.92 Å². The van der Waals surface area contributed by atoms with Gasteiger partial charge in [-0.3, -0.25) is 14.4 Å². The maximum Gasteiger partial charge on any atom is 0.323 e. The number of hydrogen-bond acceptors (Lipinski definition) is 9. The van der Waals surface area contributed by atoms with E-state index < -0.39 is 24.0 Å². The molecule has 0 saturated heterocycles. The van der Waals surface area contributed by atoms with E-state index in [0.29, 0.717) is 50.5 Å². The number of esters is 3. The van der Waals surface area contributed by atoms with Crippen molar-refractivity contribution in [3.63, 3.8) is 0 Å². The van der Waals surface area contributed by atoms with Gasteiger partial charge in [0, 0.05) is 19.3 Å². The predicted molar refractivity (Wildman–Crippen MR) is 137 cm³/mol. The Morgan fingerprint density at radius 2 is 1.29 bits per heavy atom. The first-order chi connectivity index (χ1) is 16.3. The zero-order chi connectivity index (χ0) is 27.4. The van der Waals surface area contributed by atoms with Crippen LogP contribution in [0, 0.1) is 11.8 Å². The smallest absolute Gasteiger partial charge is 0.323 e. The van der Waals surface area contributed by atoms with E-state index >= 15 is 0 Å². The SMILES string of the molecule is CC(C)C[C@H](N)C(=O)OCC[C@@H](C)OC(=O)[C@@H](N)CC(C)C.CCCCCC(=O)OCC[C@@H](C)O. The molecule has 0 aliphatic heterocycles. The summed E-state index contributed by atoms with van der Waals surface area (Å²) in [6, 6.07) is -1.21. The summed E-state index contributed by atoms with van der Waals surface area (Å²) in [7, 11) is 0. The van der Waals surface area contributed by atoms with Gasteiger partial charge in [-0.2, -0.15) is 0 Å². The standard InChI is InChI=1S/C16H32N2O4.C10H20O3/c1-10(2)8-13(17)15(19)21-7-6-12(5)22-16(20)14(18)9-11(3)4;1-3-4-5-6-10(12)13-8-7-9(2)11/h10-14H,6-9,17-18H2,1-5H3;9,11H,3-8H2,1-2H3/t12-,13+,14+;9-/m11/s1. The topological polar surface area (TPSA) is 151 Å². The van der Waals surface area contributed by atoms with Crippen molar-refractivity contribution in [3.05, 3.63) is 0 Å². The Hall–Kier alpha value is -1.71. The van der Waals surface area contributed by atoms with Gasteiger partial charge in [0.25, 0.3) is 0 Å². The average molecular weight is 505 g/mol. The first-order valence-electron chi connectivity index (χ1n) is 13.0. The lowest BCUT2D eigenvalue weighted by atomic mass is 10.0. The Bertz CT molecular complexity index is 568. The highest BCUT2D eigenvalue weighted by molar-refractivity contribution is 5.76. The molecule has 0 aliphatic carbocycles. The second-order valence-electron chi connectivity index (χ2n) is 9.99. The van der Waals surface area contributed by atoms with Crippen LogP contribution >= 0.6 is 0 Å². The van der Waals surface area contributed by atoms with E-state index in [1.807, 2.05) is 27.7 Å². The molecular weight excluding hydrogens is 452 g/mol. The van der Waals surface area contributed by atoms with Gasteiger partial charge >= 0.3 is 17.9 Å². The summed E-state index contributed by atoms with van der Waals surface area (Å²) in [4.78, 5) is 34.4. The van der Waals surface area contributed by atoms with Gasteiger partial charge in [-0.1, -0.05) is 47.5 Å². The third kappa shape index (κ3) is 23.8. The highest BCUT2D eigenvalue weighted by Crippen LogP contribution is 2.08. The Balaban J connectivity index is 0. The molecule has 0 aliphatic rings. The van der Waals surface area contributed by atoms with Crippen LogP contribution in [0.2, 0.25) is 0 Å². The molecule has 9 heteroatoms. The number of rotatable bonds is 17. The molecule has 0 rings (SSSR count). The molecule has 0 amide bonds. The lowest BCUT2D eigenvalue weighted by Crippen LogP contribution is -2.36. The van der Waals surface area contributed by atoms with Crippen LogP contribution in [0.1, 0.15) is 99.8 Å². The molecule has 0 aromatic rings. The molecule has 0 heterocycles. The third-order valence-corrected chi connectivity index (χ3v) is 4.93. The lowest BCUT2D eigenvalue weighted by molar-refractivity contribution is -0.152. The van der Waals surface area contributed by atoms with Crippen LogP contribution in [0.4, 0.5) is 0 Å². The quantitative estimate of drug-likeness (QED) is 0.154. The number of ether oxygens (including phenoxy) is 3. The molecule has 0 bridgehead atoms. The second-order valence-corrected chi connectivity index (χ2v) is 9.99. The maximum absolute atomic E-state index is 11.7. The number of carbonyl (C=O) groups excluding carboxylic acids is 3. The van der Waals surface area contributed by atoms with E-state index in [1.165, 1.54) is 0 Å². The summed E-state index contributed by atoms with van der Waals surface area (Å²) in [5, 5.41) is 8.89. The summed E-state index contributed by atoms with van der Waals surface area (Å²) in [5.41, 5.74) is 11.5. The van der Waals surface area contributed by atoms with Crippen LogP contribution < -0.4 is 11.5 Å². The van der Waals surface area contributed by atoms with E-state index in [1.54, 1.807) is 13.8 Å². The number of hydrogen-bond donors (Lipinski definition) is 3. The molecule has 0 aromatic heterocycles. The number of aliphatic hydroxyl groups excluding tert-OH is 1. The minimum absolute atomic E-state index is 0.144. The highest BCUT2D eigenvalue weighted by Gasteiger charge is 2.20. The molecule has 9 nitrogen and oxygen atoms in total. The molecule has 4 atom stereocenters. The molecule has 5 N–H and O–H groups in total. The van der Waals surface area contributed by atoms with Crippen molar-refractivity contribution in [3.8, 4) is 0 Å². The maximum atomic E-state index is 11.7. The Labute approximate surface area is 212 Å². The average Bonchev–Trinajstić information content (AvgIpc) is 2.73. The van der Waals surface area contributed by atoms with Crippen molar-refractivity contribution in [1.82, 2.24) is 0 Å². The monoisotopic (exact) mass is 504 g/mol. The molecule has 0 radical (unpaired) electrons. The molecule has 0 unspecified atom stereocenters. The molecule has 208 valence electrons. The fourth-order valence-electron chi connectivity index (χ4n) is 2.92. The van der Waals surface area contributed by atoms with Gasteiger partial charge in [0.15, 0.2) is 0 Å². The fraction of sp³-hybridized carbons (Fsp3) is 0.885. The van der Waals surface area contributed by atoms with Crippen LogP contribution in [-0.2, 0) is 28.6 Å². The van der Waals surface area contributed by atoms with Crippen molar-refractivity contribution in [2.24, 2.45) is 23.3 Å². The molecule has 0 spiro atoms. The van der Waals surface area contributed by atoms with E-state index in [4.69, 9.17) is 30.8 Å². The summed E-state index contributed by atoms with van der Waals surface area (Å²) < 4.78 is 15.2. The first-order valence-corrected chi connectivity index (χ1v) is 13.0. The van der Waals surface area contributed by atoms with Gasteiger partial charge in [0.2, 0.25) is 0 Å². The van der Waals surface area contributed by atoms with Crippen LogP contribution in [0.3, 0.4) is 0 Å². The van der Waals surface area contributed by atoms with Gasteiger partial charge in [-0.15, -0.1) is 0 Å². The summed E-state index contributed by atoms with van der Waals surface area (Å²) in [5.74, 6) is -0.298. The van der Waals surface area contributed by atoms with Crippen molar-refractivity contribution in [2.75, 3.05) is 13.2 Å². The zero-order valence-electron chi connectivity index (χ0n) is 23.1. The largest absolute Gasteiger partial charge is 0.466 e. The van der Waals surface area contributed by atoms with Crippen LogP contribution in [0.15, 0.2) is 0 Å². The van der Waals surface area contributed by atoms with Gasteiger partial charge in [0.1, 0.15) is 18.2 Å². The van der Waals surface area contributed by atoms with Crippen molar-refractivity contribution >= 4 is 17.9 Å². The summed E-state index contributed by atoms with van der Waals surface area (Å²) >= 11 is 0. The van der Waals surface area contributed by atoms with E-state index in [-0.39, 0.29) is 24.8 Å². The Morgan fingerprint density at radius 3 is 1.77 bits per heavy atom. The van der Waals surface area contributed by atoms with E-state index in [0.717, 1.165) is 19.3 Å². The normalized spacial score (nSPS) is 14.4. The number of unbranched alkanes of at least 4 members (excludes halogenated alkanes) is 2. The second kappa shape index (κ2) is 21.6. The fourth-order valence-corrected chi connectivity index (χ4v) is 2.92. The van der Waals surface area contributed by atoms with Crippen LogP contribution in [0.25, 0.3) is 0 Å². The Kier molecular flexibility index (Phi) is 21.8. The van der Waals surface area contributed by atoms with E-state index in [9.17, 15) is 14.4 Å². The summed E-state index contributed by atoms with van der Waals surface area (Å²) in [6.45, 7) is 14.0. The minimum atomic E-state index is -0.607. The van der Waals surface area contributed by atoms with Crippen molar-refractivity contribution in [1.29, 1.82) is 0 Å². The predicted octanol–water partition coefficient (Wildman–Crippen LogP) is 3.48. The number of aliphatic hydroxyl groups is 1. The third-order valence-electron chi connectivity index (χ3n) is 4.93. The van der Waals surface area contributed by atoms with Gasteiger partial charge in [-0.25, -0.2) is 0 Å². The first kappa shape index (κ1) is 35.5. The lowest BCUT2D eigenvalue weighted by Gasteiger charge is -2.18. The number of carbonyl (C=O) groups is 3. The van der Waals surface area contributed by atoms with Gasteiger partial charge < -0.3 is 30.8 Å². The molecule has 0 aromatic carbocycles. The molecule has 0 saturated carbocycles. The molecular formula is C26H52N2O7. The van der Waals surface area contributed by atoms with Gasteiger partial charge in [-0.05, 0) is 44.9 Å². The Morgan fingerprint density at radius 1 is 0.771 bits per heavy atom. The summed E-state index contributed by atoms with van der Waals surface area (Å²) in [6.07, 6.45) is 5.00. The number of nitrogens with two attached hydrogens (primary N) is 2. The minimum Gasteiger partial charge on any atom is -0.466 e.